The smallest absolute Gasteiger partial charge is 0.409 e. The number of carboxylic acid groups (broad SMARTS) is 1. The highest BCUT2D eigenvalue weighted by atomic mass is 19.1. The Morgan fingerprint density at radius 3 is 2.36 bits per heavy atom. The predicted octanol–water partition coefficient (Wildman–Crippen LogP) is 2.64. The quantitative estimate of drug-likeness (QED) is 0.743. The first-order chi connectivity index (χ1) is 15.7. The van der Waals surface area contributed by atoms with Crippen molar-refractivity contribution in [3.8, 4) is 0 Å². The van der Waals surface area contributed by atoms with E-state index < -0.39 is 47.6 Å². The van der Waals surface area contributed by atoms with Crippen LogP contribution in [0.5, 0.6) is 0 Å². The van der Waals surface area contributed by atoms with Crippen molar-refractivity contribution in [1.82, 2.24) is 14.7 Å². The second-order valence-electron chi connectivity index (χ2n) is 8.17. The Morgan fingerprint density at radius 1 is 1.00 bits per heavy atom. The van der Waals surface area contributed by atoms with E-state index in [1.54, 1.807) is 12.1 Å². The molecule has 0 spiro atoms. The minimum absolute atomic E-state index is 0.0113. The fourth-order valence-electron chi connectivity index (χ4n) is 4.51. The molecular formula is C23H22F3N3O4. The number of amides is 3. The summed E-state index contributed by atoms with van der Waals surface area (Å²) in [5.74, 6) is -2.88. The first-order valence-electron chi connectivity index (χ1n) is 10.5. The van der Waals surface area contributed by atoms with Crippen molar-refractivity contribution in [2.24, 2.45) is 0 Å². The summed E-state index contributed by atoms with van der Waals surface area (Å²) in [6.07, 6.45) is -2.09. The van der Waals surface area contributed by atoms with Crippen LogP contribution < -0.4 is 0 Å². The highest BCUT2D eigenvalue weighted by Crippen LogP contribution is 2.28. The van der Waals surface area contributed by atoms with E-state index in [4.69, 9.17) is 0 Å². The summed E-state index contributed by atoms with van der Waals surface area (Å²) in [5, 5.41) is 9.65. The lowest BCUT2D eigenvalue weighted by Gasteiger charge is -2.51. The molecule has 0 saturated carbocycles. The molecule has 7 nitrogen and oxygen atoms in total. The number of carbonyl (C=O) groups excluding carboxylic acids is 2. The molecule has 0 aromatic heterocycles. The number of nitrogens with zero attached hydrogens (tertiary/aromatic N) is 3. The molecule has 2 aromatic carbocycles. The zero-order chi connectivity index (χ0) is 23.7. The van der Waals surface area contributed by atoms with E-state index in [9.17, 15) is 32.7 Å². The molecule has 10 heteroatoms. The largest absolute Gasteiger partial charge is 0.465 e. The Morgan fingerprint density at radius 2 is 1.70 bits per heavy atom. The van der Waals surface area contributed by atoms with Gasteiger partial charge in [0.1, 0.15) is 29.7 Å². The molecule has 2 heterocycles. The monoisotopic (exact) mass is 461 g/mol. The van der Waals surface area contributed by atoms with Crippen LogP contribution in [0.15, 0.2) is 42.5 Å². The maximum atomic E-state index is 13.7. The van der Waals surface area contributed by atoms with Crippen molar-refractivity contribution in [2.75, 3.05) is 19.6 Å². The van der Waals surface area contributed by atoms with Gasteiger partial charge in [-0.2, -0.15) is 0 Å². The summed E-state index contributed by atoms with van der Waals surface area (Å²) in [4.78, 5) is 41.7. The van der Waals surface area contributed by atoms with Gasteiger partial charge in [0.2, 0.25) is 11.8 Å². The van der Waals surface area contributed by atoms with Gasteiger partial charge >= 0.3 is 6.09 Å². The van der Waals surface area contributed by atoms with E-state index >= 15 is 0 Å². The Bertz CT molecular complexity index is 1080. The second-order valence-corrected chi connectivity index (χ2v) is 8.17. The first kappa shape index (κ1) is 22.6. The Hall–Kier alpha value is -3.56. The molecule has 0 aliphatic carbocycles. The van der Waals surface area contributed by atoms with Gasteiger partial charge in [-0.25, -0.2) is 18.0 Å². The van der Waals surface area contributed by atoms with Crippen molar-refractivity contribution in [3.63, 3.8) is 0 Å². The van der Waals surface area contributed by atoms with Gasteiger partial charge in [-0.3, -0.25) is 14.5 Å². The number of benzene rings is 2. The van der Waals surface area contributed by atoms with E-state index in [1.165, 1.54) is 21.9 Å². The molecule has 0 unspecified atom stereocenters. The maximum absolute atomic E-state index is 13.7. The third kappa shape index (κ3) is 4.79. The molecule has 2 fully saturated rings. The van der Waals surface area contributed by atoms with E-state index in [2.05, 4.69) is 0 Å². The molecule has 33 heavy (non-hydrogen) atoms. The van der Waals surface area contributed by atoms with E-state index in [0.29, 0.717) is 18.1 Å². The second kappa shape index (κ2) is 9.13. The van der Waals surface area contributed by atoms with Gasteiger partial charge in [-0.1, -0.05) is 12.1 Å². The van der Waals surface area contributed by atoms with Crippen molar-refractivity contribution in [2.45, 2.75) is 31.5 Å². The topological polar surface area (TPSA) is 81.2 Å². The molecule has 2 aliphatic heterocycles. The molecule has 2 aromatic rings. The Labute approximate surface area is 188 Å². The minimum atomic E-state index is -1.23. The summed E-state index contributed by atoms with van der Waals surface area (Å²) in [7, 11) is 0. The molecule has 0 bridgehead atoms. The number of carbonyl (C=O) groups is 3. The summed E-state index contributed by atoms with van der Waals surface area (Å²) in [6, 6.07) is 7.68. The van der Waals surface area contributed by atoms with E-state index in [1.807, 2.05) is 0 Å². The molecular weight excluding hydrogens is 439 g/mol. The van der Waals surface area contributed by atoms with Crippen molar-refractivity contribution < 1.29 is 32.7 Å². The number of rotatable bonds is 5. The van der Waals surface area contributed by atoms with Crippen LogP contribution in [-0.2, 0) is 22.4 Å². The van der Waals surface area contributed by atoms with Crippen LogP contribution in [0.1, 0.15) is 17.5 Å². The van der Waals surface area contributed by atoms with Crippen LogP contribution in [0.4, 0.5) is 18.0 Å². The van der Waals surface area contributed by atoms with Crippen molar-refractivity contribution in [1.29, 1.82) is 0 Å². The molecule has 2 atom stereocenters. The number of halogens is 3. The molecule has 0 radical (unpaired) electrons. The van der Waals surface area contributed by atoms with E-state index in [0.717, 1.165) is 17.0 Å². The predicted molar refractivity (Wildman–Crippen MR) is 111 cm³/mol. The average Bonchev–Trinajstić information content (AvgIpc) is 2.73. The van der Waals surface area contributed by atoms with Crippen LogP contribution in [0.2, 0.25) is 0 Å². The third-order valence-electron chi connectivity index (χ3n) is 6.01. The SMILES string of the molecule is O=C1[C@H](Cc2cc(F)cc(F)c2)N2C(=O)CCN(C(=O)O)[C@H]2CN1CCc1cccc(F)c1. The van der Waals surface area contributed by atoms with Crippen LogP contribution in [0.25, 0.3) is 0 Å². The molecule has 2 aliphatic rings. The number of hydrogen-bond acceptors (Lipinski definition) is 3. The minimum Gasteiger partial charge on any atom is -0.465 e. The standard InChI is InChI=1S/C23H22F3N3O4/c24-16-3-1-2-14(8-16)4-6-27-13-20-28(23(32)33)7-5-21(30)29(20)19(22(27)31)11-15-9-17(25)12-18(26)10-15/h1-3,8-10,12,19-20H,4-7,11,13H2,(H,32,33)/t19-,20+/m0/s1. The average molecular weight is 461 g/mol. The summed E-state index contributed by atoms with van der Waals surface area (Å²) in [5.41, 5.74) is 0.834. The van der Waals surface area contributed by atoms with Crippen molar-refractivity contribution >= 4 is 17.9 Å². The molecule has 2 saturated heterocycles. The van der Waals surface area contributed by atoms with Gasteiger partial charge in [0.05, 0.1) is 6.54 Å². The lowest BCUT2D eigenvalue weighted by molar-refractivity contribution is -0.167. The van der Waals surface area contributed by atoms with Crippen LogP contribution in [0.3, 0.4) is 0 Å². The molecule has 1 N–H and O–H groups in total. The van der Waals surface area contributed by atoms with Crippen LogP contribution in [-0.4, -0.2) is 69.6 Å². The first-order valence-corrected chi connectivity index (χ1v) is 10.5. The Balaban J connectivity index is 1.64. The fourth-order valence-corrected chi connectivity index (χ4v) is 4.51. The van der Waals surface area contributed by atoms with Crippen LogP contribution >= 0.6 is 0 Å². The summed E-state index contributed by atoms with van der Waals surface area (Å²) >= 11 is 0. The van der Waals surface area contributed by atoms with Crippen molar-refractivity contribution in [3.05, 3.63) is 71.0 Å². The number of fused-ring (bicyclic) bond motifs is 1. The fraction of sp³-hybridized carbons (Fsp3) is 0.348. The number of hydrogen-bond donors (Lipinski definition) is 1. The molecule has 174 valence electrons. The zero-order valence-corrected chi connectivity index (χ0v) is 17.6. The third-order valence-corrected chi connectivity index (χ3v) is 6.01. The van der Waals surface area contributed by atoms with Gasteiger partial charge in [0.25, 0.3) is 0 Å². The highest BCUT2D eigenvalue weighted by molar-refractivity contribution is 5.90. The van der Waals surface area contributed by atoms with Crippen LogP contribution in [0, 0.1) is 17.5 Å². The van der Waals surface area contributed by atoms with Gasteiger partial charge < -0.3 is 14.9 Å². The van der Waals surface area contributed by atoms with Gasteiger partial charge in [-0.15, -0.1) is 0 Å². The lowest BCUT2D eigenvalue weighted by Crippen LogP contribution is -2.71. The normalized spacial score (nSPS) is 20.8. The Kier molecular flexibility index (Phi) is 6.26. The molecule has 4 rings (SSSR count). The number of piperazine rings is 1. The highest BCUT2D eigenvalue weighted by Gasteiger charge is 2.48. The summed E-state index contributed by atoms with van der Waals surface area (Å²) in [6.45, 7) is 0.116. The zero-order valence-electron chi connectivity index (χ0n) is 17.6. The lowest BCUT2D eigenvalue weighted by atomic mass is 9.97. The molecule has 3 amide bonds. The van der Waals surface area contributed by atoms with Gasteiger partial charge in [0.15, 0.2) is 0 Å². The summed E-state index contributed by atoms with van der Waals surface area (Å²) < 4.78 is 41.0. The maximum Gasteiger partial charge on any atom is 0.409 e. The van der Waals surface area contributed by atoms with Gasteiger partial charge in [0, 0.05) is 32.0 Å². The van der Waals surface area contributed by atoms with E-state index in [-0.39, 0.29) is 38.0 Å². The van der Waals surface area contributed by atoms with Gasteiger partial charge in [-0.05, 0) is 41.8 Å².